The average Bonchev–Trinajstić information content (AvgIpc) is 3.02. The summed E-state index contributed by atoms with van der Waals surface area (Å²) in [5.41, 5.74) is -0.919. The van der Waals surface area contributed by atoms with E-state index in [9.17, 15) is 33.3 Å². The Morgan fingerprint density at radius 3 is 2.55 bits per heavy atom. The highest BCUT2D eigenvalue weighted by molar-refractivity contribution is 5.84. The molecule has 0 fully saturated rings. The predicted molar refractivity (Wildman–Crippen MR) is 155 cm³/mol. The van der Waals surface area contributed by atoms with E-state index in [2.05, 4.69) is 10.1 Å². The Balaban J connectivity index is 1.60. The Morgan fingerprint density at radius 2 is 1.82 bits per heavy atom. The van der Waals surface area contributed by atoms with E-state index in [1.807, 2.05) is 6.07 Å². The second-order valence-electron chi connectivity index (χ2n) is 9.28. The van der Waals surface area contributed by atoms with E-state index < -0.39 is 27.9 Å². The second kappa shape index (κ2) is 12.1. The molecule has 220 valence electrons. The smallest absolute Gasteiger partial charge is 0.416 e. The molecule has 1 heterocycles. The van der Waals surface area contributed by atoms with Gasteiger partial charge in [0.1, 0.15) is 6.61 Å². The number of alkyl halides is 3. The second-order valence-corrected chi connectivity index (χ2v) is 9.28. The lowest BCUT2D eigenvalue weighted by atomic mass is 10.1. The molecule has 10 nitrogen and oxygen atoms in total. The van der Waals surface area contributed by atoms with Crippen molar-refractivity contribution in [2.24, 2.45) is 5.10 Å². The van der Waals surface area contributed by atoms with E-state index in [0.29, 0.717) is 11.1 Å². The molecule has 5 aromatic rings. The standard InChI is InChI=1S/C31H20F3N5O5/c1-43-27-14-19(13-26(39(41)42)28(27)44-18-22-8-3-2-7-21(22)16-35)17-36-38-29(20-9-6-10-23(15-20)31(32,33)34)37-25-12-5-4-11-24(25)30(38)40/h2-15,17H,18H2,1H3. The van der Waals surface area contributed by atoms with Crippen molar-refractivity contribution in [3.05, 3.63) is 128 Å². The number of nitro benzene ring substituents is 1. The fourth-order valence-electron chi connectivity index (χ4n) is 4.40. The number of halogens is 3. The van der Waals surface area contributed by atoms with Gasteiger partial charge in [-0.25, -0.2) is 4.98 Å². The van der Waals surface area contributed by atoms with Crippen LogP contribution in [0.4, 0.5) is 18.9 Å². The molecule has 0 aliphatic carbocycles. The molecule has 0 aliphatic rings. The summed E-state index contributed by atoms with van der Waals surface area (Å²) in [5.74, 6) is -0.401. The summed E-state index contributed by atoms with van der Waals surface area (Å²) in [5, 5.41) is 25.7. The highest BCUT2D eigenvalue weighted by Gasteiger charge is 2.31. The lowest BCUT2D eigenvalue weighted by Gasteiger charge is -2.13. The SMILES string of the molecule is COc1cc(C=Nn2c(-c3cccc(C(F)(F)F)c3)nc3ccccc3c2=O)cc([N+](=O)[O-])c1OCc1ccccc1C#N. The number of nitriles is 1. The third kappa shape index (κ3) is 5.95. The van der Waals surface area contributed by atoms with Crippen LogP contribution in [-0.2, 0) is 12.8 Å². The number of fused-ring (bicyclic) bond motifs is 1. The topological polar surface area (TPSA) is 133 Å². The van der Waals surface area contributed by atoms with Gasteiger partial charge in [-0.15, -0.1) is 0 Å². The van der Waals surface area contributed by atoms with E-state index in [-0.39, 0.29) is 46.0 Å². The first-order chi connectivity index (χ1) is 21.1. The van der Waals surface area contributed by atoms with Crippen molar-refractivity contribution in [2.75, 3.05) is 7.11 Å². The van der Waals surface area contributed by atoms with Crippen molar-refractivity contribution < 1.29 is 27.6 Å². The van der Waals surface area contributed by atoms with E-state index in [4.69, 9.17) is 9.47 Å². The molecule has 13 heteroatoms. The van der Waals surface area contributed by atoms with Crippen LogP contribution in [0.25, 0.3) is 22.3 Å². The van der Waals surface area contributed by atoms with Gasteiger partial charge >= 0.3 is 11.9 Å². The number of nitro groups is 1. The summed E-state index contributed by atoms with van der Waals surface area (Å²) < 4.78 is 52.3. The van der Waals surface area contributed by atoms with Crippen LogP contribution in [0.15, 0.2) is 94.8 Å². The maximum absolute atomic E-state index is 13.5. The molecular weight excluding hydrogens is 579 g/mol. The van der Waals surface area contributed by atoms with Crippen molar-refractivity contribution in [2.45, 2.75) is 12.8 Å². The third-order valence-electron chi connectivity index (χ3n) is 6.51. The van der Waals surface area contributed by atoms with E-state index in [1.165, 1.54) is 31.4 Å². The van der Waals surface area contributed by atoms with Crippen molar-refractivity contribution in [1.82, 2.24) is 9.66 Å². The molecule has 1 aromatic heterocycles. The minimum Gasteiger partial charge on any atom is -0.493 e. The Kier molecular flexibility index (Phi) is 8.08. The van der Waals surface area contributed by atoms with Crippen molar-refractivity contribution >= 4 is 22.8 Å². The molecule has 0 spiro atoms. The van der Waals surface area contributed by atoms with Gasteiger partial charge in [0, 0.05) is 22.8 Å². The van der Waals surface area contributed by atoms with Crippen LogP contribution in [0.2, 0.25) is 0 Å². The van der Waals surface area contributed by atoms with Gasteiger partial charge in [-0.3, -0.25) is 14.9 Å². The van der Waals surface area contributed by atoms with Gasteiger partial charge in [0.2, 0.25) is 5.75 Å². The number of aromatic nitrogens is 2. The average molecular weight is 600 g/mol. The molecule has 4 aromatic carbocycles. The first-order valence-electron chi connectivity index (χ1n) is 12.8. The van der Waals surface area contributed by atoms with Gasteiger partial charge in [-0.2, -0.15) is 28.2 Å². The van der Waals surface area contributed by atoms with E-state index >= 15 is 0 Å². The monoisotopic (exact) mass is 599 g/mol. The Labute approximate surface area is 247 Å². The lowest BCUT2D eigenvalue weighted by molar-refractivity contribution is -0.386. The first-order valence-corrected chi connectivity index (χ1v) is 12.8. The van der Waals surface area contributed by atoms with Crippen LogP contribution >= 0.6 is 0 Å². The normalized spacial score (nSPS) is 11.4. The number of hydrogen-bond donors (Lipinski definition) is 0. The molecular formula is C31H20F3N5O5. The molecule has 0 radical (unpaired) electrons. The maximum atomic E-state index is 13.5. The van der Waals surface area contributed by atoms with Gasteiger partial charge in [0.05, 0.1) is 46.3 Å². The van der Waals surface area contributed by atoms with Crippen LogP contribution in [0.1, 0.15) is 22.3 Å². The van der Waals surface area contributed by atoms with Crippen LogP contribution in [0.3, 0.4) is 0 Å². The molecule has 0 N–H and O–H groups in total. The van der Waals surface area contributed by atoms with Crippen molar-refractivity contribution in [3.8, 4) is 29.0 Å². The summed E-state index contributed by atoms with van der Waals surface area (Å²) >= 11 is 0. The molecule has 5 rings (SSSR count). The summed E-state index contributed by atoms with van der Waals surface area (Å²) in [6, 6.07) is 21.7. The third-order valence-corrected chi connectivity index (χ3v) is 6.51. The minimum atomic E-state index is -4.64. The number of rotatable bonds is 8. The Hall–Kier alpha value is -6.03. The number of hydrogen-bond acceptors (Lipinski definition) is 8. The van der Waals surface area contributed by atoms with Gasteiger partial charge in [0.15, 0.2) is 11.6 Å². The highest BCUT2D eigenvalue weighted by Crippen LogP contribution is 2.39. The fraction of sp³-hybridized carbons (Fsp3) is 0.0968. The van der Waals surface area contributed by atoms with Gasteiger partial charge in [-0.1, -0.05) is 42.5 Å². The zero-order valence-corrected chi connectivity index (χ0v) is 22.8. The molecule has 0 aliphatic heterocycles. The number of para-hydroxylation sites is 1. The number of benzene rings is 4. The zero-order chi connectivity index (χ0) is 31.4. The molecule has 0 saturated heterocycles. The minimum absolute atomic E-state index is 0.0233. The van der Waals surface area contributed by atoms with Gasteiger partial charge in [-0.05, 0) is 36.4 Å². The Bertz CT molecular complexity index is 2030. The van der Waals surface area contributed by atoms with Gasteiger partial charge in [0.25, 0.3) is 5.56 Å². The van der Waals surface area contributed by atoms with Crippen LogP contribution in [0, 0.1) is 21.4 Å². The Morgan fingerprint density at radius 1 is 1.07 bits per heavy atom. The number of nitrogens with zero attached hydrogens (tertiary/aromatic N) is 5. The van der Waals surface area contributed by atoms with Crippen LogP contribution in [0.5, 0.6) is 11.5 Å². The lowest BCUT2D eigenvalue weighted by Crippen LogP contribution is -2.20. The zero-order valence-electron chi connectivity index (χ0n) is 22.8. The predicted octanol–water partition coefficient (Wildman–Crippen LogP) is 6.33. The molecule has 0 bridgehead atoms. The molecule has 0 unspecified atom stereocenters. The van der Waals surface area contributed by atoms with Crippen LogP contribution < -0.4 is 15.0 Å². The summed E-state index contributed by atoms with van der Waals surface area (Å²) in [7, 11) is 1.28. The summed E-state index contributed by atoms with van der Waals surface area (Å²) in [6.07, 6.45) is -3.52. The highest BCUT2D eigenvalue weighted by atomic mass is 19.4. The van der Waals surface area contributed by atoms with Crippen molar-refractivity contribution in [3.63, 3.8) is 0 Å². The quantitative estimate of drug-likeness (QED) is 0.116. The number of ether oxygens (including phenoxy) is 2. The van der Waals surface area contributed by atoms with E-state index in [1.54, 1.807) is 42.5 Å². The first kappa shape index (κ1) is 29.5. The molecule has 0 atom stereocenters. The van der Waals surface area contributed by atoms with Crippen LogP contribution in [-0.4, -0.2) is 27.9 Å². The van der Waals surface area contributed by atoms with E-state index in [0.717, 1.165) is 29.1 Å². The molecule has 0 amide bonds. The molecule has 44 heavy (non-hydrogen) atoms. The summed E-state index contributed by atoms with van der Waals surface area (Å²) in [4.78, 5) is 29.2. The largest absolute Gasteiger partial charge is 0.493 e. The number of methoxy groups -OCH3 is 1. The fourth-order valence-corrected chi connectivity index (χ4v) is 4.40. The molecule has 0 saturated carbocycles. The van der Waals surface area contributed by atoms with Gasteiger partial charge < -0.3 is 9.47 Å². The maximum Gasteiger partial charge on any atom is 0.416 e. The summed E-state index contributed by atoms with van der Waals surface area (Å²) in [6.45, 7) is -0.160. The van der Waals surface area contributed by atoms with Crippen molar-refractivity contribution in [1.29, 1.82) is 5.26 Å².